The number of hydrogen-bond donors (Lipinski definition) is 7. The lowest BCUT2D eigenvalue weighted by atomic mass is 9.98. The first-order chi connectivity index (χ1) is 35.0. The first kappa shape index (κ1) is 65.3. The zero-order chi connectivity index (χ0) is 52.4. The van der Waals surface area contributed by atoms with Gasteiger partial charge in [-0.25, -0.2) is 0 Å². The van der Waals surface area contributed by atoms with Gasteiger partial charge in [-0.15, -0.1) is 0 Å². The fourth-order valence-corrected chi connectivity index (χ4v) is 8.38. The zero-order valence-electron chi connectivity index (χ0n) is 44.1. The molecule has 416 valence electrons. The molecule has 2 saturated heterocycles. The minimum Gasteiger partial charge on any atom is -0.462 e. The highest BCUT2D eigenvalue weighted by atomic mass is 16.7. The van der Waals surface area contributed by atoms with Gasteiger partial charge < -0.3 is 64.2 Å². The highest BCUT2D eigenvalue weighted by Gasteiger charge is 2.47. The molecule has 15 heteroatoms. The summed E-state index contributed by atoms with van der Waals surface area (Å²) < 4.78 is 33.5. The predicted molar refractivity (Wildman–Crippen MR) is 280 cm³/mol. The van der Waals surface area contributed by atoms with Crippen LogP contribution < -0.4 is 0 Å². The Kier molecular flexibility index (Phi) is 39.4. The van der Waals surface area contributed by atoms with E-state index in [1.807, 2.05) is 6.08 Å². The third kappa shape index (κ3) is 30.5. The summed E-state index contributed by atoms with van der Waals surface area (Å²) in [6.45, 7) is 2.52. The summed E-state index contributed by atoms with van der Waals surface area (Å²) >= 11 is 0. The van der Waals surface area contributed by atoms with Crippen molar-refractivity contribution in [3.8, 4) is 0 Å². The van der Waals surface area contributed by atoms with Gasteiger partial charge in [0.05, 0.1) is 19.8 Å². The summed E-state index contributed by atoms with van der Waals surface area (Å²) in [5.41, 5.74) is 0. The molecule has 0 aliphatic carbocycles. The van der Waals surface area contributed by atoms with Crippen LogP contribution in [0.3, 0.4) is 0 Å². The molecule has 4 unspecified atom stereocenters. The number of aliphatic hydroxyl groups excluding tert-OH is 7. The van der Waals surface area contributed by atoms with E-state index in [-0.39, 0.29) is 19.4 Å². The standard InChI is InChI=1S/C57H98O15/c1-3-5-7-9-11-13-15-17-19-20-21-22-23-24-26-27-29-31-33-35-37-39-48(59)67-42-45(70-49(60)40-38-36-34-32-30-28-25-18-16-14-12-10-8-6-4-2)43-68-56-55(66)53(64)51(62)47(72-56)44-69-57-54(65)52(63)50(61)46(41-58)71-57/h19-20,22-23,26-28,30-31,33,45-47,50-58,61-66H,3-18,21,24-25,29,32,34-44H2,1-2H3/b20-19+,23-22+,27-26+,30-28+,33-31+/t45-,46+,47+,50-,51-,52?,53?,54?,55?,56+,57+/m0/s1. The molecule has 0 aromatic rings. The lowest BCUT2D eigenvalue weighted by molar-refractivity contribution is -0.332. The molecule has 15 nitrogen and oxygen atoms in total. The number of ether oxygens (including phenoxy) is 6. The third-order valence-corrected chi connectivity index (χ3v) is 13.0. The summed E-state index contributed by atoms with van der Waals surface area (Å²) in [4.78, 5) is 25.8. The molecular weight excluding hydrogens is 925 g/mol. The molecule has 2 aliphatic rings. The number of allylic oxidation sites excluding steroid dienone is 10. The van der Waals surface area contributed by atoms with Crippen molar-refractivity contribution in [1.29, 1.82) is 0 Å². The van der Waals surface area contributed by atoms with E-state index in [4.69, 9.17) is 28.4 Å². The summed E-state index contributed by atoms with van der Waals surface area (Å²) in [5.74, 6) is -1.01. The SMILES string of the molecule is CCCCCCCCC/C=C/C/C=C/C/C=C/C/C=C/CCCC(=O)OC[C@@H](CO[C@@H]1O[C@H](CO[C@@H]2O[C@H](CO)[C@H](O)C(O)C2O)[C@H](O)C(O)C1O)OC(=O)CCCCC/C=C/CCCCCCCCCC. The van der Waals surface area contributed by atoms with Gasteiger partial charge in [0.1, 0.15) is 55.4 Å². The molecule has 0 aromatic heterocycles. The molecule has 2 heterocycles. The van der Waals surface area contributed by atoms with Crippen molar-refractivity contribution in [3.05, 3.63) is 60.8 Å². The highest BCUT2D eigenvalue weighted by Crippen LogP contribution is 2.26. The van der Waals surface area contributed by atoms with Crippen LogP contribution >= 0.6 is 0 Å². The van der Waals surface area contributed by atoms with Crippen molar-refractivity contribution in [1.82, 2.24) is 0 Å². The maximum atomic E-state index is 13.0. The molecule has 11 atom stereocenters. The van der Waals surface area contributed by atoms with Crippen LogP contribution in [-0.4, -0.2) is 142 Å². The second-order valence-electron chi connectivity index (χ2n) is 19.4. The number of carbonyl (C=O) groups is 2. The van der Waals surface area contributed by atoms with Crippen LogP contribution in [0.15, 0.2) is 60.8 Å². The molecule has 0 aromatic carbocycles. The van der Waals surface area contributed by atoms with E-state index in [0.29, 0.717) is 19.3 Å². The predicted octanol–water partition coefficient (Wildman–Crippen LogP) is 8.83. The van der Waals surface area contributed by atoms with E-state index in [2.05, 4.69) is 68.5 Å². The zero-order valence-corrected chi connectivity index (χ0v) is 44.1. The van der Waals surface area contributed by atoms with Crippen molar-refractivity contribution in [2.75, 3.05) is 26.4 Å². The molecule has 0 radical (unpaired) electrons. The molecule has 0 saturated carbocycles. The number of esters is 2. The van der Waals surface area contributed by atoms with Crippen LogP contribution in [-0.2, 0) is 38.0 Å². The number of unbranched alkanes of at least 4 members (excludes halogenated alkanes) is 19. The van der Waals surface area contributed by atoms with Crippen LogP contribution in [0.5, 0.6) is 0 Å². The molecule has 72 heavy (non-hydrogen) atoms. The van der Waals surface area contributed by atoms with E-state index < -0.39 is 99.3 Å². The van der Waals surface area contributed by atoms with Gasteiger partial charge in [0.25, 0.3) is 0 Å². The van der Waals surface area contributed by atoms with E-state index in [9.17, 15) is 45.3 Å². The van der Waals surface area contributed by atoms with Crippen molar-refractivity contribution >= 4 is 11.9 Å². The van der Waals surface area contributed by atoms with Crippen LogP contribution in [0.1, 0.15) is 194 Å². The molecule has 2 aliphatic heterocycles. The Balaban J connectivity index is 1.81. The lowest BCUT2D eigenvalue weighted by Gasteiger charge is -2.42. The summed E-state index contributed by atoms with van der Waals surface area (Å²) in [6, 6.07) is 0. The Labute approximate surface area is 432 Å². The first-order valence-electron chi connectivity index (χ1n) is 27.9. The van der Waals surface area contributed by atoms with Gasteiger partial charge in [-0.3, -0.25) is 9.59 Å². The fourth-order valence-electron chi connectivity index (χ4n) is 8.38. The molecular formula is C57H98O15. The van der Waals surface area contributed by atoms with E-state index in [1.165, 1.54) is 96.3 Å². The maximum Gasteiger partial charge on any atom is 0.306 e. The maximum absolute atomic E-state index is 13.0. The Morgan fingerprint density at radius 2 is 0.847 bits per heavy atom. The first-order valence-corrected chi connectivity index (χ1v) is 27.9. The van der Waals surface area contributed by atoms with Crippen LogP contribution in [0, 0.1) is 0 Å². The number of carbonyl (C=O) groups excluding carboxylic acids is 2. The second-order valence-corrected chi connectivity index (χ2v) is 19.4. The minimum atomic E-state index is -1.78. The van der Waals surface area contributed by atoms with E-state index in [0.717, 1.165) is 51.4 Å². The van der Waals surface area contributed by atoms with E-state index in [1.54, 1.807) is 0 Å². The normalized spacial score (nSPS) is 25.5. The Morgan fingerprint density at radius 3 is 1.36 bits per heavy atom. The second kappa shape index (κ2) is 43.4. The smallest absolute Gasteiger partial charge is 0.306 e. The van der Waals surface area contributed by atoms with Gasteiger partial charge in [0.2, 0.25) is 0 Å². The quantitative estimate of drug-likeness (QED) is 0.0172. The summed E-state index contributed by atoms with van der Waals surface area (Å²) in [6.07, 6.45) is 34.0. The van der Waals surface area contributed by atoms with Crippen molar-refractivity contribution in [2.24, 2.45) is 0 Å². The van der Waals surface area contributed by atoms with Gasteiger partial charge in [0.15, 0.2) is 18.7 Å². The average molecular weight is 1020 g/mol. The molecule has 2 rings (SSSR count). The summed E-state index contributed by atoms with van der Waals surface area (Å²) in [5, 5.41) is 72.2. The largest absolute Gasteiger partial charge is 0.462 e. The number of rotatable bonds is 43. The lowest BCUT2D eigenvalue weighted by Crippen LogP contribution is -2.61. The molecule has 2 fully saturated rings. The Hall–Kier alpha value is -2.80. The summed E-state index contributed by atoms with van der Waals surface area (Å²) in [7, 11) is 0. The van der Waals surface area contributed by atoms with Crippen LogP contribution in [0.25, 0.3) is 0 Å². The van der Waals surface area contributed by atoms with Crippen LogP contribution in [0.4, 0.5) is 0 Å². The third-order valence-electron chi connectivity index (χ3n) is 13.0. The number of aliphatic hydroxyl groups is 7. The van der Waals surface area contributed by atoms with Crippen molar-refractivity contribution < 1.29 is 73.8 Å². The monoisotopic (exact) mass is 1020 g/mol. The molecule has 7 N–H and O–H groups in total. The molecule has 0 amide bonds. The molecule has 0 spiro atoms. The van der Waals surface area contributed by atoms with Crippen molar-refractivity contribution in [2.45, 2.75) is 261 Å². The van der Waals surface area contributed by atoms with Gasteiger partial charge in [-0.1, -0.05) is 164 Å². The van der Waals surface area contributed by atoms with Gasteiger partial charge in [-0.2, -0.15) is 0 Å². The van der Waals surface area contributed by atoms with Gasteiger partial charge in [0, 0.05) is 12.8 Å². The highest BCUT2D eigenvalue weighted by molar-refractivity contribution is 5.70. The van der Waals surface area contributed by atoms with Gasteiger partial charge in [-0.05, 0) is 77.0 Å². The minimum absolute atomic E-state index is 0.131. The van der Waals surface area contributed by atoms with Crippen LogP contribution in [0.2, 0.25) is 0 Å². The van der Waals surface area contributed by atoms with E-state index >= 15 is 0 Å². The van der Waals surface area contributed by atoms with Crippen molar-refractivity contribution in [3.63, 3.8) is 0 Å². The Bertz CT molecular complexity index is 1480. The molecule has 0 bridgehead atoms. The topological polar surface area (TPSA) is 231 Å². The number of hydrogen-bond acceptors (Lipinski definition) is 15. The Morgan fingerprint density at radius 1 is 0.444 bits per heavy atom. The fraction of sp³-hybridized carbons (Fsp3) is 0.789. The van der Waals surface area contributed by atoms with Gasteiger partial charge >= 0.3 is 11.9 Å². The average Bonchev–Trinajstić information content (AvgIpc) is 3.37.